The van der Waals surface area contributed by atoms with Gasteiger partial charge in [-0.3, -0.25) is 4.79 Å². The maximum Gasteiger partial charge on any atom is 0.418 e. The Bertz CT molecular complexity index is 417. The van der Waals surface area contributed by atoms with Crippen molar-refractivity contribution in [3.8, 4) is 0 Å². The van der Waals surface area contributed by atoms with E-state index in [4.69, 9.17) is 17.3 Å². The lowest BCUT2D eigenvalue weighted by atomic mass is 10.0. The van der Waals surface area contributed by atoms with Crippen molar-refractivity contribution in [1.82, 2.24) is 0 Å². The molecule has 0 bridgehead atoms. The van der Waals surface area contributed by atoms with Crippen molar-refractivity contribution in [2.45, 2.75) is 18.5 Å². The first-order valence-corrected chi connectivity index (χ1v) is 4.79. The molecule has 1 rings (SSSR count). The Morgan fingerprint density at radius 3 is 2.44 bits per heavy atom. The van der Waals surface area contributed by atoms with Crippen LogP contribution in [0.4, 0.5) is 18.9 Å². The Kier molecular flexibility index (Phi) is 3.48. The largest absolute Gasteiger partial charge is 0.418 e. The van der Waals surface area contributed by atoms with Gasteiger partial charge in [-0.15, -0.1) is 11.6 Å². The predicted octanol–water partition coefficient (Wildman–Crippen LogP) is 3.16. The van der Waals surface area contributed by atoms with Crippen LogP contribution < -0.4 is 5.73 Å². The minimum atomic E-state index is -4.55. The topological polar surface area (TPSA) is 43.1 Å². The predicted molar refractivity (Wildman–Crippen MR) is 55.1 cm³/mol. The monoisotopic (exact) mass is 251 g/mol. The van der Waals surface area contributed by atoms with E-state index in [-0.39, 0.29) is 5.56 Å². The van der Waals surface area contributed by atoms with Crippen LogP contribution in [0.25, 0.3) is 0 Å². The zero-order chi connectivity index (χ0) is 12.5. The Labute approximate surface area is 95.2 Å². The second kappa shape index (κ2) is 4.33. The van der Waals surface area contributed by atoms with Crippen molar-refractivity contribution in [2.24, 2.45) is 0 Å². The van der Waals surface area contributed by atoms with Gasteiger partial charge in [0.2, 0.25) is 0 Å². The second-order valence-corrected chi connectivity index (χ2v) is 3.72. The van der Waals surface area contributed by atoms with Crippen molar-refractivity contribution in [3.63, 3.8) is 0 Å². The smallest absolute Gasteiger partial charge is 0.398 e. The summed E-state index contributed by atoms with van der Waals surface area (Å²) >= 11 is 5.67. The molecule has 1 aromatic rings. The maximum atomic E-state index is 12.5. The van der Waals surface area contributed by atoms with Crippen molar-refractivity contribution in [1.29, 1.82) is 0 Å². The van der Waals surface area contributed by atoms with Crippen LogP contribution in [0, 0.1) is 0 Å². The van der Waals surface area contributed by atoms with Gasteiger partial charge in [0.05, 0.1) is 5.56 Å². The van der Waals surface area contributed by atoms with Gasteiger partial charge in [0.25, 0.3) is 0 Å². The molecule has 1 atom stereocenters. The number of nitrogen functional groups attached to an aromatic ring is 1. The number of Topliss-reactive ketones (excluding diaryl/α,β-unsaturated/α-hetero) is 1. The second-order valence-electron chi connectivity index (χ2n) is 3.28. The van der Waals surface area contributed by atoms with Gasteiger partial charge < -0.3 is 5.73 Å². The number of hydrogen-bond donors (Lipinski definition) is 1. The molecule has 0 fully saturated rings. The number of halogens is 4. The third kappa shape index (κ3) is 2.47. The van der Waals surface area contributed by atoms with E-state index in [0.717, 1.165) is 6.07 Å². The Balaban J connectivity index is 3.30. The molecule has 0 spiro atoms. The van der Waals surface area contributed by atoms with E-state index in [1.165, 1.54) is 19.1 Å². The summed E-state index contributed by atoms with van der Waals surface area (Å²) in [5, 5.41) is -1.15. The van der Waals surface area contributed by atoms with Gasteiger partial charge in [-0.25, -0.2) is 0 Å². The molecule has 0 aromatic heterocycles. The number of alkyl halides is 4. The molecule has 0 amide bonds. The summed E-state index contributed by atoms with van der Waals surface area (Å²) in [6, 6.07) is 3.33. The number of carbonyl (C=O) groups excluding carboxylic acids is 1. The quantitative estimate of drug-likeness (QED) is 0.648. The van der Waals surface area contributed by atoms with Gasteiger partial charge in [-0.2, -0.15) is 13.2 Å². The average molecular weight is 252 g/mol. The lowest BCUT2D eigenvalue weighted by Gasteiger charge is -2.15. The molecule has 0 radical (unpaired) electrons. The summed E-state index contributed by atoms with van der Waals surface area (Å²) in [6.07, 6.45) is -4.55. The average Bonchev–Trinajstić information content (AvgIpc) is 2.15. The van der Waals surface area contributed by atoms with Gasteiger partial charge in [0.1, 0.15) is 5.38 Å². The minimum Gasteiger partial charge on any atom is -0.398 e. The van der Waals surface area contributed by atoms with E-state index >= 15 is 0 Å². The highest BCUT2D eigenvalue weighted by Gasteiger charge is 2.34. The number of ketones is 1. The van der Waals surface area contributed by atoms with Crippen molar-refractivity contribution in [3.05, 3.63) is 29.3 Å². The highest BCUT2D eigenvalue weighted by molar-refractivity contribution is 6.31. The van der Waals surface area contributed by atoms with E-state index in [1.807, 2.05) is 0 Å². The highest BCUT2D eigenvalue weighted by atomic mass is 35.5. The zero-order valence-corrected chi connectivity index (χ0v) is 9.06. The van der Waals surface area contributed by atoms with E-state index < -0.39 is 28.6 Å². The summed E-state index contributed by atoms with van der Waals surface area (Å²) in [5.41, 5.74) is 3.87. The number of anilines is 1. The first-order chi connectivity index (χ1) is 7.25. The van der Waals surface area contributed by atoms with Crippen LogP contribution in [0.5, 0.6) is 0 Å². The Hall–Kier alpha value is -1.23. The molecular weight excluding hydrogens is 243 g/mol. The normalized spacial score (nSPS) is 13.6. The molecule has 16 heavy (non-hydrogen) atoms. The molecule has 2 N–H and O–H groups in total. The molecule has 2 nitrogen and oxygen atoms in total. The third-order valence-corrected chi connectivity index (χ3v) is 2.62. The van der Waals surface area contributed by atoms with Crippen LogP contribution in [-0.4, -0.2) is 5.78 Å². The molecule has 0 aliphatic carbocycles. The SMILES string of the molecule is CC(=O)C(Cl)c1cccc(C(F)(F)F)c1N. The van der Waals surface area contributed by atoms with Crippen molar-refractivity contribution in [2.75, 3.05) is 5.73 Å². The molecule has 88 valence electrons. The van der Waals surface area contributed by atoms with Crippen LogP contribution in [-0.2, 0) is 11.0 Å². The number of carbonyl (C=O) groups is 1. The number of benzene rings is 1. The fourth-order valence-electron chi connectivity index (χ4n) is 1.27. The first kappa shape index (κ1) is 12.8. The van der Waals surface area contributed by atoms with Crippen LogP contribution in [0.3, 0.4) is 0 Å². The Morgan fingerprint density at radius 1 is 1.44 bits per heavy atom. The van der Waals surface area contributed by atoms with Crippen LogP contribution in [0.15, 0.2) is 18.2 Å². The first-order valence-electron chi connectivity index (χ1n) is 4.35. The zero-order valence-electron chi connectivity index (χ0n) is 8.31. The summed E-state index contributed by atoms with van der Waals surface area (Å²) in [5.74, 6) is -0.451. The Morgan fingerprint density at radius 2 is 2.00 bits per heavy atom. The van der Waals surface area contributed by atoms with E-state index in [9.17, 15) is 18.0 Å². The molecule has 0 saturated heterocycles. The van der Waals surface area contributed by atoms with E-state index in [0.29, 0.717) is 0 Å². The molecule has 0 heterocycles. The summed E-state index contributed by atoms with van der Waals surface area (Å²) in [7, 11) is 0. The van der Waals surface area contributed by atoms with Crippen molar-refractivity contribution < 1.29 is 18.0 Å². The molecule has 0 aliphatic rings. The third-order valence-electron chi connectivity index (χ3n) is 2.08. The van der Waals surface area contributed by atoms with E-state index in [1.54, 1.807) is 0 Å². The maximum absolute atomic E-state index is 12.5. The molecule has 6 heteroatoms. The minimum absolute atomic E-state index is 0.0102. The molecule has 0 saturated carbocycles. The summed E-state index contributed by atoms with van der Waals surface area (Å²) < 4.78 is 37.5. The lowest BCUT2D eigenvalue weighted by molar-refractivity contribution is -0.137. The summed E-state index contributed by atoms with van der Waals surface area (Å²) in [4.78, 5) is 11.0. The summed E-state index contributed by atoms with van der Waals surface area (Å²) in [6.45, 7) is 1.19. The highest BCUT2D eigenvalue weighted by Crippen LogP contribution is 2.38. The molecule has 1 aromatic carbocycles. The lowest BCUT2D eigenvalue weighted by Crippen LogP contribution is -2.13. The van der Waals surface area contributed by atoms with Gasteiger partial charge >= 0.3 is 6.18 Å². The van der Waals surface area contributed by atoms with Gasteiger partial charge in [0.15, 0.2) is 5.78 Å². The molecule has 0 aliphatic heterocycles. The fourth-order valence-corrected chi connectivity index (χ4v) is 1.46. The number of para-hydroxylation sites is 1. The number of rotatable bonds is 2. The van der Waals surface area contributed by atoms with Gasteiger partial charge in [-0.1, -0.05) is 12.1 Å². The van der Waals surface area contributed by atoms with Crippen molar-refractivity contribution >= 4 is 23.1 Å². The van der Waals surface area contributed by atoms with Gasteiger partial charge in [0, 0.05) is 11.3 Å². The van der Waals surface area contributed by atoms with Crippen LogP contribution in [0.1, 0.15) is 23.4 Å². The fraction of sp³-hybridized carbons (Fsp3) is 0.300. The molecule has 1 unspecified atom stereocenters. The standard InChI is InChI=1S/C10H9ClF3NO/c1-5(16)8(11)6-3-2-4-7(9(6)15)10(12,13)14/h2-4,8H,15H2,1H3. The number of hydrogen-bond acceptors (Lipinski definition) is 2. The molecular formula is C10H9ClF3NO. The van der Waals surface area contributed by atoms with E-state index in [2.05, 4.69) is 0 Å². The number of nitrogens with two attached hydrogens (primary N) is 1. The van der Waals surface area contributed by atoms with Crippen LogP contribution >= 0.6 is 11.6 Å². The van der Waals surface area contributed by atoms with Gasteiger partial charge in [-0.05, 0) is 13.0 Å². The van der Waals surface area contributed by atoms with Crippen LogP contribution in [0.2, 0.25) is 0 Å².